The molecule has 0 amide bonds. The molecule has 1 heterocycles. The summed E-state index contributed by atoms with van der Waals surface area (Å²) in [5.74, 6) is 0.698. The maximum absolute atomic E-state index is 11.4. The number of nitrogens with zero attached hydrogens (tertiary/aromatic N) is 2. The van der Waals surface area contributed by atoms with Crippen LogP contribution in [0.5, 0.6) is 0 Å². The second-order valence-corrected chi connectivity index (χ2v) is 5.78. The molecule has 1 aromatic heterocycles. The van der Waals surface area contributed by atoms with Gasteiger partial charge in [-0.1, -0.05) is 12.1 Å². The number of H-pyrrole nitrogens is 1. The second-order valence-electron chi connectivity index (χ2n) is 5.78. The molecule has 0 aliphatic carbocycles. The number of aromatic amines is 1. The number of anilines is 1. The van der Waals surface area contributed by atoms with Crippen molar-refractivity contribution in [1.29, 1.82) is 0 Å². The molecule has 2 N–H and O–H groups in total. The number of aryl methyl sites for hydroxylation is 1. The van der Waals surface area contributed by atoms with Gasteiger partial charge in [0, 0.05) is 24.6 Å². The zero-order valence-corrected chi connectivity index (χ0v) is 13.8. The third kappa shape index (κ3) is 3.82. The van der Waals surface area contributed by atoms with E-state index in [1.54, 1.807) is 12.1 Å². The smallest absolute Gasteiger partial charge is 0.293 e. The molecule has 0 aliphatic heterocycles. The predicted octanol–water partition coefficient (Wildman–Crippen LogP) is 3.72. The zero-order valence-electron chi connectivity index (χ0n) is 13.8. The van der Waals surface area contributed by atoms with Gasteiger partial charge in [0.1, 0.15) is 11.5 Å². The van der Waals surface area contributed by atoms with Crippen LogP contribution in [0.3, 0.4) is 0 Å². The Balaban J connectivity index is 1.61. The second kappa shape index (κ2) is 7.12. The summed E-state index contributed by atoms with van der Waals surface area (Å²) in [4.78, 5) is 29.8. The third-order valence-electron chi connectivity index (χ3n) is 3.95. The first-order valence-electron chi connectivity index (χ1n) is 8.01. The van der Waals surface area contributed by atoms with E-state index in [4.69, 9.17) is 0 Å². The highest BCUT2D eigenvalue weighted by Gasteiger charge is 2.15. The van der Waals surface area contributed by atoms with Gasteiger partial charge in [-0.25, -0.2) is 4.98 Å². The Morgan fingerprint density at radius 3 is 2.80 bits per heavy atom. The summed E-state index contributed by atoms with van der Waals surface area (Å²) < 4.78 is 0. The number of benzene rings is 2. The summed E-state index contributed by atoms with van der Waals surface area (Å²) in [6, 6.07) is 12.3. The Hall–Kier alpha value is -3.22. The maximum atomic E-state index is 11.4. The normalized spacial score (nSPS) is 10.8. The van der Waals surface area contributed by atoms with Crippen LogP contribution >= 0.6 is 0 Å². The number of para-hydroxylation sites is 2. The lowest BCUT2D eigenvalue weighted by atomic mass is 10.1. The van der Waals surface area contributed by atoms with Crippen LogP contribution in [-0.2, 0) is 6.42 Å². The van der Waals surface area contributed by atoms with Gasteiger partial charge in [0.25, 0.3) is 5.69 Å². The first kappa shape index (κ1) is 16.6. The van der Waals surface area contributed by atoms with Crippen molar-refractivity contribution in [2.75, 3.05) is 11.9 Å². The number of aromatic nitrogens is 2. The van der Waals surface area contributed by atoms with Crippen LogP contribution in [-0.4, -0.2) is 27.2 Å². The lowest BCUT2D eigenvalue weighted by molar-refractivity contribution is -0.384. The number of fused-ring (bicyclic) bond motifs is 1. The van der Waals surface area contributed by atoms with Crippen LogP contribution in [0, 0.1) is 10.1 Å². The first-order chi connectivity index (χ1) is 12.0. The molecule has 0 saturated carbocycles. The molecule has 0 saturated heterocycles. The summed E-state index contributed by atoms with van der Waals surface area (Å²) in [6.07, 6.45) is 1.51. The molecule has 2 aromatic carbocycles. The SMILES string of the molecule is CC(=O)c1ccc(NCCCc2nc3ccccc3[nH]2)c([N+](=O)[O-])c1. The number of nitro benzene ring substituents is 1. The Morgan fingerprint density at radius 1 is 1.28 bits per heavy atom. The summed E-state index contributed by atoms with van der Waals surface area (Å²) in [5.41, 5.74) is 2.59. The third-order valence-corrected chi connectivity index (χ3v) is 3.95. The minimum Gasteiger partial charge on any atom is -0.379 e. The molecular formula is C18H18N4O3. The number of carbonyl (C=O) groups excluding carboxylic acids is 1. The number of Topliss-reactive ketones (excluding diaryl/α,β-unsaturated/α-hetero) is 1. The van der Waals surface area contributed by atoms with Crippen molar-refractivity contribution in [3.05, 3.63) is 64.0 Å². The van der Waals surface area contributed by atoms with Gasteiger partial charge in [-0.05, 0) is 37.6 Å². The highest BCUT2D eigenvalue weighted by atomic mass is 16.6. The summed E-state index contributed by atoms with van der Waals surface area (Å²) in [5, 5.41) is 14.3. The highest BCUT2D eigenvalue weighted by Crippen LogP contribution is 2.25. The minimum absolute atomic E-state index is 0.0866. The molecule has 128 valence electrons. The minimum atomic E-state index is -0.478. The average Bonchev–Trinajstić information content (AvgIpc) is 3.01. The molecule has 25 heavy (non-hydrogen) atoms. The number of hydrogen-bond donors (Lipinski definition) is 2. The quantitative estimate of drug-likeness (QED) is 0.296. The Morgan fingerprint density at radius 2 is 2.08 bits per heavy atom. The number of carbonyl (C=O) groups is 1. The van der Waals surface area contributed by atoms with E-state index >= 15 is 0 Å². The molecule has 0 fully saturated rings. The van der Waals surface area contributed by atoms with Gasteiger partial charge >= 0.3 is 0 Å². The number of hydrogen-bond acceptors (Lipinski definition) is 5. The van der Waals surface area contributed by atoms with Crippen LogP contribution in [0.25, 0.3) is 11.0 Å². The highest BCUT2D eigenvalue weighted by molar-refractivity contribution is 5.95. The van der Waals surface area contributed by atoms with Crippen molar-refractivity contribution < 1.29 is 9.72 Å². The van der Waals surface area contributed by atoms with Crippen LogP contribution in [0.15, 0.2) is 42.5 Å². The maximum Gasteiger partial charge on any atom is 0.293 e. The van der Waals surface area contributed by atoms with Crippen molar-refractivity contribution in [2.24, 2.45) is 0 Å². The standard InChI is InChI=1S/C18H18N4O3/c1-12(23)13-8-9-16(17(11-13)22(24)25)19-10-4-7-18-20-14-5-2-3-6-15(14)21-18/h2-3,5-6,8-9,11,19H,4,7,10H2,1H3,(H,20,21). The van der Waals surface area contributed by atoms with E-state index in [9.17, 15) is 14.9 Å². The number of rotatable bonds is 7. The van der Waals surface area contributed by atoms with Gasteiger partial charge in [-0.2, -0.15) is 0 Å². The predicted molar refractivity (Wildman–Crippen MR) is 96.0 cm³/mol. The largest absolute Gasteiger partial charge is 0.379 e. The van der Waals surface area contributed by atoms with E-state index in [2.05, 4.69) is 15.3 Å². The lowest BCUT2D eigenvalue weighted by Crippen LogP contribution is -2.07. The number of ketones is 1. The van der Waals surface area contributed by atoms with E-state index in [0.717, 1.165) is 29.7 Å². The molecule has 0 bridgehead atoms. The summed E-state index contributed by atoms with van der Waals surface area (Å²) >= 11 is 0. The Kier molecular flexibility index (Phi) is 4.74. The molecule has 0 radical (unpaired) electrons. The Labute approximate surface area is 144 Å². The Bertz CT molecular complexity index is 900. The topological polar surface area (TPSA) is 101 Å². The molecule has 3 rings (SSSR count). The fourth-order valence-corrected chi connectivity index (χ4v) is 2.65. The molecule has 7 heteroatoms. The van der Waals surface area contributed by atoms with Gasteiger partial charge in [0.15, 0.2) is 5.78 Å². The summed E-state index contributed by atoms with van der Waals surface area (Å²) in [7, 11) is 0. The molecule has 3 aromatic rings. The average molecular weight is 338 g/mol. The van der Waals surface area contributed by atoms with Crippen molar-refractivity contribution in [1.82, 2.24) is 9.97 Å². The fraction of sp³-hybridized carbons (Fsp3) is 0.222. The molecule has 0 aliphatic rings. The lowest BCUT2D eigenvalue weighted by Gasteiger charge is -2.07. The van der Waals surface area contributed by atoms with Crippen molar-refractivity contribution in [3.63, 3.8) is 0 Å². The molecule has 0 spiro atoms. The van der Waals surface area contributed by atoms with Crippen LogP contribution in [0.2, 0.25) is 0 Å². The van der Waals surface area contributed by atoms with Crippen molar-refractivity contribution >= 4 is 28.2 Å². The summed E-state index contributed by atoms with van der Waals surface area (Å²) in [6.45, 7) is 1.96. The van der Waals surface area contributed by atoms with E-state index in [-0.39, 0.29) is 11.5 Å². The number of nitro groups is 1. The molecule has 0 atom stereocenters. The van der Waals surface area contributed by atoms with Crippen molar-refractivity contribution in [3.8, 4) is 0 Å². The van der Waals surface area contributed by atoms with Crippen molar-refractivity contribution in [2.45, 2.75) is 19.8 Å². The zero-order chi connectivity index (χ0) is 17.8. The number of imidazole rings is 1. The van der Waals surface area contributed by atoms with E-state index < -0.39 is 4.92 Å². The van der Waals surface area contributed by atoms with E-state index in [1.807, 2.05) is 24.3 Å². The van der Waals surface area contributed by atoms with Gasteiger partial charge in [0.05, 0.1) is 16.0 Å². The van der Waals surface area contributed by atoms with E-state index in [1.165, 1.54) is 13.0 Å². The van der Waals surface area contributed by atoms with Crippen LogP contribution < -0.4 is 5.32 Å². The monoisotopic (exact) mass is 338 g/mol. The van der Waals surface area contributed by atoms with Gasteiger partial charge in [-0.15, -0.1) is 0 Å². The van der Waals surface area contributed by atoms with Crippen LogP contribution in [0.1, 0.15) is 29.5 Å². The van der Waals surface area contributed by atoms with Gasteiger partial charge in [0.2, 0.25) is 0 Å². The molecule has 7 nitrogen and oxygen atoms in total. The molecule has 0 unspecified atom stereocenters. The number of nitrogens with one attached hydrogen (secondary N) is 2. The van der Waals surface area contributed by atoms with Gasteiger partial charge < -0.3 is 10.3 Å². The fourth-order valence-electron chi connectivity index (χ4n) is 2.65. The first-order valence-corrected chi connectivity index (χ1v) is 8.01. The molecular weight excluding hydrogens is 320 g/mol. The van der Waals surface area contributed by atoms with E-state index in [0.29, 0.717) is 17.8 Å². The van der Waals surface area contributed by atoms with Crippen LogP contribution in [0.4, 0.5) is 11.4 Å². The van der Waals surface area contributed by atoms with Gasteiger partial charge in [-0.3, -0.25) is 14.9 Å².